The number of benzene rings is 2. The number of nitrogens with zero attached hydrogens (tertiary/aromatic N) is 1. The highest BCUT2D eigenvalue weighted by molar-refractivity contribution is 7.89. The SMILES string of the molecule is O=C(CCC(=O)c1ccc2c(c1)CCCC2)Nc1cccc(S(=O)(=O)N2CCCC2)c1. The molecule has 1 aliphatic carbocycles. The molecule has 0 aromatic heterocycles. The first-order valence-corrected chi connectivity index (χ1v) is 12.4. The summed E-state index contributed by atoms with van der Waals surface area (Å²) >= 11 is 0. The van der Waals surface area contributed by atoms with Crippen LogP contribution in [0.25, 0.3) is 0 Å². The molecule has 0 atom stereocenters. The lowest BCUT2D eigenvalue weighted by molar-refractivity contribution is -0.116. The fourth-order valence-electron chi connectivity index (χ4n) is 4.31. The summed E-state index contributed by atoms with van der Waals surface area (Å²) in [4.78, 5) is 25.1. The molecule has 0 spiro atoms. The van der Waals surface area contributed by atoms with E-state index in [4.69, 9.17) is 0 Å². The molecule has 0 saturated carbocycles. The van der Waals surface area contributed by atoms with Crippen LogP contribution in [0, 0.1) is 0 Å². The third kappa shape index (κ3) is 5.05. The zero-order valence-electron chi connectivity index (χ0n) is 17.6. The maximum absolute atomic E-state index is 12.7. The van der Waals surface area contributed by atoms with E-state index in [1.165, 1.54) is 27.9 Å². The molecule has 0 bridgehead atoms. The smallest absolute Gasteiger partial charge is 0.243 e. The van der Waals surface area contributed by atoms with Crippen molar-refractivity contribution in [3.8, 4) is 0 Å². The van der Waals surface area contributed by atoms with Gasteiger partial charge in [0.15, 0.2) is 5.78 Å². The lowest BCUT2D eigenvalue weighted by Gasteiger charge is -2.16. The monoisotopic (exact) mass is 440 g/mol. The molecule has 2 aliphatic rings. The topological polar surface area (TPSA) is 83.5 Å². The molecule has 2 aromatic carbocycles. The first-order valence-electron chi connectivity index (χ1n) is 11.0. The number of nitrogens with one attached hydrogen (secondary N) is 1. The molecule has 1 N–H and O–H groups in total. The van der Waals surface area contributed by atoms with Crippen LogP contribution >= 0.6 is 0 Å². The number of Topliss-reactive ketones (excluding diaryl/α,β-unsaturated/α-hetero) is 1. The zero-order chi connectivity index (χ0) is 21.8. The van der Waals surface area contributed by atoms with Gasteiger partial charge in [-0.2, -0.15) is 4.31 Å². The summed E-state index contributed by atoms with van der Waals surface area (Å²) in [5.74, 6) is -0.351. The Hall–Kier alpha value is -2.51. The van der Waals surface area contributed by atoms with Gasteiger partial charge in [0.2, 0.25) is 15.9 Å². The first kappa shape index (κ1) is 21.7. The van der Waals surface area contributed by atoms with E-state index in [1.807, 2.05) is 18.2 Å². The Morgan fingerprint density at radius 2 is 1.61 bits per heavy atom. The normalized spacial score (nSPS) is 16.6. The first-order chi connectivity index (χ1) is 14.9. The van der Waals surface area contributed by atoms with E-state index in [1.54, 1.807) is 18.2 Å². The number of amides is 1. The number of aryl methyl sites for hydroxylation is 2. The van der Waals surface area contributed by atoms with Crippen LogP contribution in [0.5, 0.6) is 0 Å². The van der Waals surface area contributed by atoms with Crippen molar-refractivity contribution < 1.29 is 18.0 Å². The number of ketones is 1. The number of anilines is 1. The molecule has 1 amide bonds. The molecular formula is C24H28N2O4S. The van der Waals surface area contributed by atoms with Crippen LogP contribution in [0.15, 0.2) is 47.4 Å². The van der Waals surface area contributed by atoms with Gasteiger partial charge in [-0.1, -0.05) is 18.2 Å². The Balaban J connectivity index is 1.35. The van der Waals surface area contributed by atoms with Crippen LogP contribution < -0.4 is 5.32 Å². The molecule has 7 heteroatoms. The summed E-state index contributed by atoms with van der Waals surface area (Å²) in [6, 6.07) is 12.2. The average Bonchev–Trinajstić information content (AvgIpc) is 3.33. The summed E-state index contributed by atoms with van der Waals surface area (Å²) in [7, 11) is -3.54. The minimum Gasteiger partial charge on any atom is -0.326 e. The van der Waals surface area contributed by atoms with Gasteiger partial charge < -0.3 is 5.32 Å². The average molecular weight is 441 g/mol. The Bertz CT molecular complexity index is 1090. The molecule has 6 nitrogen and oxygen atoms in total. The minimum absolute atomic E-state index is 0.0473. The van der Waals surface area contributed by atoms with E-state index >= 15 is 0 Å². The van der Waals surface area contributed by atoms with E-state index < -0.39 is 10.0 Å². The number of carbonyl (C=O) groups is 2. The second kappa shape index (κ2) is 9.32. The number of carbonyl (C=O) groups excluding carboxylic acids is 2. The predicted molar refractivity (Wildman–Crippen MR) is 120 cm³/mol. The number of fused-ring (bicyclic) bond motifs is 1. The van der Waals surface area contributed by atoms with E-state index in [9.17, 15) is 18.0 Å². The fraction of sp³-hybridized carbons (Fsp3) is 0.417. The molecule has 1 heterocycles. The largest absolute Gasteiger partial charge is 0.326 e. The lowest BCUT2D eigenvalue weighted by Crippen LogP contribution is -2.27. The Labute approximate surface area is 183 Å². The highest BCUT2D eigenvalue weighted by atomic mass is 32.2. The van der Waals surface area contributed by atoms with Crippen LogP contribution in [0.3, 0.4) is 0 Å². The second-order valence-corrected chi connectivity index (χ2v) is 10.2. The van der Waals surface area contributed by atoms with Gasteiger partial charge >= 0.3 is 0 Å². The van der Waals surface area contributed by atoms with E-state index in [0.29, 0.717) is 24.3 Å². The lowest BCUT2D eigenvalue weighted by atomic mass is 9.89. The molecule has 0 radical (unpaired) electrons. The highest BCUT2D eigenvalue weighted by Gasteiger charge is 2.27. The zero-order valence-corrected chi connectivity index (χ0v) is 18.4. The summed E-state index contributed by atoms with van der Waals surface area (Å²) in [6.45, 7) is 1.06. The van der Waals surface area contributed by atoms with E-state index in [-0.39, 0.29) is 29.4 Å². The van der Waals surface area contributed by atoms with E-state index in [0.717, 1.165) is 32.1 Å². The molecule has 4 rings (SSSR count). The number of hydrogen-bond acceptors (Lipinski definition) is 4. The van der Waals surface area contributed by atoms with Crippen LogP contribution in [0.4, 0.5) is 5.69 Å². The Kier molecular flexibility index (Phi) is 6.53. The van der Waals surface area contributed by atoms with E-state index in [2.05, 4.69) is 5.32 Å². The molecule has 164 valence electrons. The van der Waals surface area contributed by atoms with Gasteiger partial charge in [0, 0.05) is 37.2 Å². The number of rotatable bonds is 7. The standard InChI is InChI=1S/C24H28N2O4S/c27-23(20-11-10-18-6-1-2-7-19(18)16-20)12-13-24(28)25-21-8-5-9-22(17-21)31(29,30)26-14-3-4-15-26/h5,8-11,16-17H,1-4,6-7,12-15H2,(H,25,28). The number of sulfonamides is 1. The second-order valence-electron chi connectivity index (χ2n) is 8.30. The van der Waals surface area contributed by atoms with Gasteiger partial charge in [-0.15, -0.1) is 0 Å². The van der Waals surface area contributed by atoms with Crippen molar-refractivity contribution in [1.82, 2.24) is 4.31 Å². The fourth-order valence-corrected chi connectivity index (χ4v) is 5.88. The van der Waals surface area contributed by atoms with Crippen LogP contribution in [0.1, 0.15) is 60.0 Å². The van der Waals surface area contributed by atoms with Crippen LogP contribution in [-0.2, 0) is 27.7 Å². The van der Waals surface area contributed by atoms with Gasteiger partial charge in [-0.3, -0.25) is 9.59 Å². The van der Waals surface area contributed by atoms with Crippen LogP contribution in [0.2, 0.25) is 0 Å². The van der Waals surface area contributed by atoms with Crippen molar-refractivity contribution in [2.24, 2.45) is 0 Å². The quantitative estimate of drug-likeness (QED) is 0.661. The maximum Gasteiger partial charge on any atom is 0.243 e. The summed E-state index contributed by atoms with van der Waals surface area (Å²) in [6.07, 6.45) is 6.34. The van der Waals surface area contributed by atoms with Crippen molar-refractivity contribution in [1.29, 1.82) is 0 Å². The van der Waals surface area contributed by atoms with Gasteiger partial charge in [-0.05, 0) is 73.9 Å². The summed E-state index contributed by atoms with van der Waals surface area (Å²) in [5, 5.41) is 2.73. The number of hydrogen-bond donors (Lipinski definition) is 1. The molecule has 0 unspecified atom stereocenters. The minimum atomic E-state index is -3.54. The third-order valence-electron chi connectivity index (χ3n) is 6.07. The molecule has 1 saturated heterocycles. The molecule has 1 aliphatic heterocycles. The van der Waals surface area contributed by atoms with Crippen molar-refractivity contribution >= 4 is 27.4 Å². The molecule has 2 aromatic rings. The molecule has 1 fully saturated rings. The third-order valence-corrected chi connectivity index (χ3v) is 7.96. The van der Waals surface area contributed by atoms with Crippen molar-refractivity contribution in [3.63, 3.8) is 0 Å². The molecule has 31 heavy (non-hydrogen) atoms. The van der Waals surface area contributed by atoms with Gasteiger partial charge in [0.25, 0.3) is 0 Å². The van der Waals surface area contributed by atoms with Gasteiger partial charge in [0.05, 0.1) is 4.90 Å². The van der Waals surface area contributed by atoms with Crippen molar-refractivity contribution in [3.05, 3.63) is 59.2 Å². The highest BCUT2D eigenvalue weighted by Crippen LogP contribution is 2.24. The summed E-state index contributed by atoms with van der Waals surface area (Å²) < 4.78 is 26.9. The van der Waals surface area contributed by atoms with Crippen molar-refractivity contribution in [2.45, 2.75) is 56.3 Å². The van der Waals surface area contributed by atoms with Crippen LogP contribution in [-0.4, -0.2) is 37.5 Å². The summed E-state index contributed by atoms with van der Waals surface area (Å²) in [5.41, 5.74) is 3.65. The Morgan fingerprint density at radius 1 is 0.871 bits per heavy atom. The van der Waals surface area contributed by atoms with Gasteiger partial charge in [-0.25, -0.2) is 8.42 Å². The Morgan fingerprint density at radius 3 is 2.39 bits per heavy atom. The van der Waals surface area contributed by atoms with Crippen molar-refractivity contribution in [2.75, 3.05) is 18.4 Å². The predicted octanol–water partition coefficient (Wildman–Crippen LogP) is 3.95. The van der Waals surface area contributed by atoms with Gasteiger partial charge in [0.1, 0.15) is 0 Å². The maximum atomic E-state index is 12.7. The molecular weight excluding hydrogens is 412 g/mol.